The number of hydrogen-bond donors (Lipinski definition) is 0. The van der Waals surface area contributed by atoms with Crippen molar-refractivity contribution in [3.8, 4) is 0 Å². The Labute approximate surface area is 103 Å². The number of halogens is 3. The molecule has 0 spiro atoms. The Morgan fingerprint density at radius 1 is 0.714 bits per heavy atom. The van der Waals surface area contributed by atoms with Crippen LogP contribution in [0.15, 0.2) is 0 Å². The minimum atomic E-state index is -2.33. The highest BCUT2D eigenvalue weighted by Crippen LogP contribution is 2.27. The molecule has 0 atom stereocenters. The molecule has 0 rings (SSSR count). The Bertz CT molecular complexity index is 123. The summed E-state index contributed by atoms with van der Waals surface area (Å²) in [6.45, 7) is 3.82. The molecule has 0 bridgehead atoms. The lowest BCUT2D eigenvalue weighted by Gasteiger charge is -2.06. The van der Waals surface area contributed by atoms with E-state index in [4.69, 9.17) is 33.2 Å². The van der Waals surface area contributed by atoms with Gasteiger partial charge >= 0.3 is 6.00 Å². The Morgan fingerprint density at radius 3 is 1.57 bits per heavy atom. The molecule has 0 saturated heterocycles. The predicted molar refractivity (Wildman–Crippen MR) is 70.4 cm³/mol. The molecule has 0 fully saturated rings. The van der Waals surface area contributed by atoms with Gasteiger partial charge in [0.1, 0.15) is 0 Å². The maximum Gasteiger partial charge on any atom is 0.341 e. The predicted octanol–water partition coefficient (Wildman–Crippen LogP) is 5.60. The molecule has 1 radical (unpaired) electrons. The summed E-state index contributed by atoms with van der Waals surface area (Å²) in [5.41, 5.74) is 0. The summed E-state index contributed by atoms with van der Waals surface area (Å²) in [6.07, 6.45) is 9.89. The molecule has 4 heteroatoms. The molecule has 0 N–H and O–H groups in total. The molecule has 0 heterocycles. The van der Waals surface area contributed by atoms with Gasteiger partial charge in [-0.2, -0.15) is 0 Å². The van der Waals surface area contributed by atoms with Crippen molar-refractivity contribution in [2.45, 2.75) is 57.4 Å². The summed E-state index contributed by atoms with van der Waals surface area (Å²) in [6, 6.07) is -1.51. The molecular weight excluding hydrogens is 255 g/mol. The molecule has 0 nitrogen and oxygen atoms in total. The van der Waals surface area contributed by atoms with Crippen LogP contribution in [-0.2, 0) is 0 Å². The van der Waals surface area contributed by atoms with E-state index in [1.165, 1.54) is 38.5 Å². The fraction of sp³-hybridized carbons (Fsp3) is 0.900. The van der Waals surface area contributed by atoms with E-state index in [1.54, 1.807) is 0 Å². The Morgan fingerprint density at radius 2 is 1.14 bits per heavy atom. The van der Waals surface area contributed by atoms with Gasteiger partial charge < -0.3 is 0 Å². The van der Waals surface area contributed by atoms with E-state index in [0.717, 1.165) is 18.9 Å². The zero-order chi connectivity index (χ0) is 10.9. The van der Waals surface area contributed by atoms with Crippen LogP contribution < -0.4 is 0 Å². The first-order chi connectivity index (χ1) is 6.56. The van der Waals surface area contributed by atoms with Crippen molar-refractivity contribution in [1.82, 2.24) is 0 Å². The first-order valence-electron chi connectivity index (χ1n) is 5.42. The van der Waals surface area contributed by atoms with Gasteiger partial charge in [0, 0.05) is 0 Å². The number of rotatable bonds is 9. The second-order valence-electron chi connectivity index (χ2n) is 3.69. The van der Waals surface area contributed by atoms with Crippen molar-refractivity contribution in [3.05, 3.63) is 6.92 Å². The smallest absolute Gasteiger partial charge is 0.126 e. The van der Waals surface area contributed by atoms with Crippen LogP contribution in [0, 0.1) is 6.92 Å². The largest absolute Gasteiger partial charge is 0.341 e. The Balaban J connectivity index is 2.99. The van der Waals surface area contributed by atoms with E-state index in [2.05, 4.69) is 6.92 Å². The molecule has 0 unspecified atom stereocenters. The van der Waals surface area contributed by atoms with Gasteiger partial charge in [0.15, 0.2) is 0 Å². The molecule has 14 heavy (non-hydrogen) atoms. The lowest BCUT2D eigenvalue weighted by Crippen LogP contribution is -2.07. The Kier molecular flexibility index (Phi) is 10.0. The van der Waals surface area contributed by atoms with Crippen LogP contribution >= 0.6 is 33.2 Å². The molecule has 85 valence electrons. The van der Waals surface area contributed by atoms with E-state index in [-0.39, 0.29) is 0 Å². The van der Waals surface area contributed by atoms with Crippen molar-refractivity contribution in [2.75, 3.05) is 0 Å². The van der Waals surface area contributed by atoms with Crippen molar-refractivity contribution in [1.29, 1.82) is 0 Å². The van der Waals surface area contributed by atoms with Crippen LogP contribution in [-0.4, -0.2) is 6.00 Å². The van der Waals surface area contributed by atoms with Crippen LogP contribution in [0.1, 0.15) is 51.4 Å². The zero-order valence-corrected chi connectivity index (χ0v) is 12.0. The third-order valence-electron chi connectivity index (χ3n) is 2.21. The van der Waals surface area contributed by atoms with Gasteiger partial charge in [-0.15, -0.1) is 33.2 Å². The number of unbranched alkanes of at least 4 members (excludes halogenated alkanes) is 7. The second-order valence-corrected chi connectivity index (χ2v) is 13.0. The van der Waals surface area contributed by atoms with Crippen molar-refractivity contribution < 1.29 is 0 Å². The van der Waals surface area contributed by atoms with E-state index >= 15 is 0 Å². The summed E-state index contributed by atoms with van der Waals surface area (Å²) >= 11 is 17.3. The highest BCUT2D eigenvalue weighted by atomic mass is 35.8. The van der Waals surface area contributed by atoms with Crippen molar-refractivity contribution >= 4 is 39.2 Å². The third kappa shape index (κ3) is 13.1. The fourth-order valence-corrected chi connectivity index (χ4v) is 3.24. The Hall–Kier alpha value is 1.09. The quantitative estimate of drug-likeness (QED) is 0.292. The van der Waals surface area contributed by atoms with Crippen molar-refractivity contribution in [3.63, 3.8) is 0 Å². The average molecular weight is 275 g/mol. The van der Waals surface area contributed by atoms with Gasteiger partial charge in [-0.1, -0.05) is 58.3 Å². The van der Waals surface area contributed by atoms with Crippen LogP contribution in [0.4, 0.5) is 0 Å². The highest BCUT2D eigenvalue weighted by molar-refractivity contribution is 7.64. The average Bonchev–Trinajstić information content (AvgIpc) is 2.08. The lowest BCUT2D eigenvalue weighted by atomic mass is 10.1. The maximum atomic E-state index is 5.78. The van der Waals surface area contributed by atoms with Crippen LogP contribution in [0.3, 0.4) is 0 Å². The SMILES string of the molecule is [CH2]CCCCCCCCC[Si](Cl)(Cl)Cl. The molecule has 0 aromatic rings. The second kappa shape index (κ2) is 9.32. The molecule has 0 aromatic heterocycles. The molecule has 0 aliphatic carbocycles. The van der Waals surface area contributed by atoms with E-state index < -0.39 is 6.00 Å². The first kappa shape index (κ1) is 15.1. The fourth-order valence-electron chi connectivity index (χ4n) is 1.39. The topological polar surface area (TPSA) is 0 Å². The van der Waals surface area contributed by atoms with Gasteiger partial charge in [0.25, 0.3) is 0 Å². The normalized spacial score (nSPS) is 12.0. The highest BCUT2D eigenvalue weighted by Gasteiger charge is 2.23. The van der Waals surface area contributed by atoms with Gasteiger partial charge in [-0.25, -0.2) is 0 Å². The third-order valence-corrected chi connectivity index (χ3v) is 4.83. The molecule has 0 aliphatic heterocycles. The summed E-state index contributed by atoms with van der Waals surface area (Å²) in [5.74, 6) is 0. The summed E-state index contributed by atoms with van der Waals surface area (Å²) in [7, 11) is 0. The van der Waals surface area contributed by atoms with Crippen LogP contribution in [0.25, 0.3) is 0 Å². The first-order valence-corrected chi connectivity index (χ1v) is 10.7. The van der Waals surface area contributed by atoms with Gasteiger partial charge in [0.05, 0.1) is 0 Å². The van der Waals surface area contributed by atoms with E-state index in [0.29, 0.717) is 0 Å². The minimum absolute atomic E-state index is 0.816. The van der Waals surface area contributed by atoms with E-state index in [1.807, 2.05) is 0 Å². The maximum absolute atomic E-state index is 5.78. The summed E-state index contributed by atoms with van der Waals surface area (Å²) in [4.78, 5) is 0. The van der Waals surface area contributed by atoms with Gasteiger partial charge in [0.2, 0.25) is 0 Å². The van der Waals surface area contributed by atoms with Crippen LogP contribution in [0.2, 0.25) is 6.04 Å². The minimum Gasteiger partial charge on any atom is -0.126 e. The van der Waals surface area contributed by atoms with Gasteiger partial charge in [-0.3, -0.25) is 0 Å². The number of hydrogen-bond acceptors (Lipinski definition) is 0. The molecule has 0 aromatic carbocycles. The van der Waals surface area contributed by atoms with Crippen LogP contribution in [0.5, 0.6) is 0 Å². The van der Waals surface area contributed by atoms with Gasteiger partial charge in [-0.05, 0) is 6.04 Å². The summed E-state index contributed by atoms with van der Waals surface area (Å²) in [5, 5.41) is 0. The lowest BCUT2D eigenvalue weighted by molar-refractivity contribution is 0.591. The zero-order valence-electron chi connectivity index (χ0n) is 8.70. The molecule has 0 aliphatic rings. The van der Waals surface area contributed by atoms with E-state index in [9.17, 15) is 0 Å². The molecular formula is C10H20Cl3Si. The molecule has 0 amide bonds. The summed E-state index contributed by atoms with van der Waals surface area (Å²) < 4.78 is 0. The van der Waals surface area contributed by atoms with Crippen molar-refractivity contribution in [2.24, 2.45) is 0 Å². The monoisotopic (exact) mass is 273 g/mol. The molecule has 0 saturated carbocycles. The standard InChI is InChI=1S/C10H20Cl3Si/c1-2-3-4-5-6-7-8-9-10-14(11,12)13/h1-10H2.